The maximum atomic E-state index is 12.6. The van der Waals surface area contributed by atoms with Crippen molar-refractivity contribution in [3.8, 4) is 0 Å². The number of hydrogen-bond acceptors (Lipinski definition) is 3. The maximum absolute atomic E-state index is 12.6. The molecule has 2 amide bonds. The summed E-state index contributed by atoms with van der Waals surface area (Å²) in [4.78, 5) is 38.5. The molecule has 0 bridgehead atoms. The molecule has 1 unspecified atom stereocenters. The molecule has 0 aromatic carbocycles. The fourth-order valence-electron chi connectivity index (χ4n) is 3.29. The number of aliphatic carboxylic acids is 1. The van der Waals surface area contributed by atoms with Gasteiger partial charge in [0.25, 0.3) is 0 Å². The summed E-state index contributed by atoms with van der Waals surface area (Å²) >= 11 is 0. The van der Waals surface area contributed by atoms with E-state index in [4.69, 9.17) is 5.11 Å². The SMILES string of the molecule is CC1CCC(C(=O)N2CCN(CC(=O)O)C(=O)C2C)CC1. The third-order valence-corrected chi connectivity index (χ3v) is 4.72. The number of carboxylic acid groups (broad SMARTS) is 1. The summed E-state index contributed by atoms with van der Waals surface area (Å²) in [6, 6.07) is -0.551. The van der Waals surface area contributed by atoms with E-state index in [-0.39, 0.29) is 24.3 Å². The average Bonchev–Trinajstić information content (AvgIpc) is 2.44. The molecule has 1 saturated carbocycles. The van der Waals surface area contributed by atoms with Crippen molar-refractivity contribution in [3.05, 3.63) is 0 Å². The van der Waals surface area contributed by atoms with Gasteiger partial charge in [-0.3, -0.25) is 14.4 Å². The zero-order valence-corrected chi connectivity index (χ0v) is 12.7. The molecule has 1 atom stereocenters. The third-order valence-electron chi connectivity index (χ3n) is 4.72. The lowest BCUT2D eigenvalue weighted by Crippen LogP contribution is -2.59. The highest BCUT2D eigenvalue weighted by atomic mass is 16.4. The number of nitrogens with zero attached hydrogens (tertiary/aromatic N) is 2. The topological polar surface area (TPSA) is 77.9 Å². The highest BCUT2D eigenvalue weighted by Gasteiger charge is 2.38. The van der Waals surface area contributed by atoms with Crippen LogP contribution in [0.15, 0.2) is 0 Å². The van der Waals surface area contributed by atoms with Crippen LogP contribution in [0, 0.1) is 11.8 Å². The summed E-state index contributed by atoms with van der Waals surface area (Å²) in [5.74, 6) is -0.501. The Morgan fingerprint density at radius 1 is 1.14 bits per heavy atom. The number of carboxylic acids is 1. The average molecular weight is 296 g/mol. The molecule has 1 N–H and O–H groups in total. The zero-order valence-electron chi connectivity index (χ0n) is 12.7. The summed E-state index contributed by atoms with van der Waals surface area (Å²) in [6.07, 6.45) is 3.93. The van der Waals surface area contributed by atoms with E-state index in [0.29, 0.717) is 19.0 Å². The predicted octanol–water partition coefficient (Wildman–Crippen LogP) is 0.957. The van der Waals surface area contributed by atoms with Crippen LogP contribution >= 0.6 is 0 Å². The molecule has 1 heterocycles. The first-order valence-electron chi connectivity index (χ1n) is 7.71. The lowest BCUT2D eigenvalue weighted by atomic mass is 9.82. The van der Waals surface area contributed by atoms with Crippen LogP contribution in [0.2, 0.25) is 0 Å². The number of rotatable bonds is 3. The van der Waals surface area contributed by atoms with Gasteiger partial charge >= 0.3 is 5.97 Å². The molecular weight excluding hydrogens is 272 g/mol. The van der Waals surface area contributed by atoms with Gasteiger partial charge in [0.2, 0.25) is 11.8 Å². The maximum Gasteiger partial charge on any atom is 0.323 e. The number of carbonyl (C=O) groups is 3. The minimum atomic E-state index is -1.02. The first-order chi connectivity index (χ1) is 9.90. The van der Waals surface area contributed by atoms with Crippen LogP contribution in [-0.2, 0) is 14.4 Å². The summed E-state index contributed by atoms with van der Waals surface area (Å²) in [6.45, 7) is 4.36. The van der Waals surface area contributed by atoms with Gasteiger partial charge in [-0.15, -0.1) is 0 Å². The number of amides is 2. The van der Waals surface area contributed by atoms with Crippen LogP contribution in [0.25, 0.3) is 0 Å². The molecule has 0 spiro atoms. The van der Waals surface area contributed by atoms with E-state index >= 15 is 0 Å². The molecule has 2 fully saturated rings. The summed E-state index contributed by atoms with van der Waals surface area (Å²) in [5.41, 5.74) is 0. The molecule has 21 heavy (non-hydrogen) atoms. The standard InChI is InChI=1S/C15H24N2O4/c1-10-3-5-12(6-4-10)15(21)17-8-7-16(9-13(18)19)14(20)11(17)2/h10-12H,3-9H2,1-2H3,(H,18,19). The van der Waals surface area contributed by atoms with E-state index in [0.717, 1.165) is 25.7 Å². The van der Waals surface area contributed by atoms with E-state index in [1.165, 1.54) is 4.90 Å². The summed E-state index contributed by atoms with van der Waals surface area (Å²) in [7, 11) is 0. The smallest absolute Gasteiger partial charge is 0.323 e. The molecule has 0 radical (unpaired) electrons. The van der Waals surface area contributed by atoms with Gasteiger partial charge in [-0.2, -0.15) is 0 Å². The van der Waals surface area contributed by atoms with Crippen molar-refractivity contribution < 1.29 is 19.5 Å². The number of carbonyl (C=O) groups excluding carboxylic acids is 2. The first-order valence-corrected chi connectivity index (χ1v) is 7.71. The van der Waals surface area contributed by atoms with E-state index in [9.17, 15) is 14.4 Å². The Labute approximate surface area is 125 Å². The lowest BCUT2D eigenvalue weighted by molar-refractivity contribution is -0.156. The fourth-order valence-corrected chi connectivity index (χ4v) is 3.29. The summed E-state index contributed by atoms with van der Waals surface area (Å²) in [5, 5.41) is 8.80. The predicted molar refractivity (Wildman–Crippen MR) is 76.5 cm³/mol. The first kappa shape index (κ1) is 15.8. The highest BCUT2D eigenvalue weighted by molar-refractivity contribution is 5.91. The quantitative estimate of drug-likeness (QED) is 0.841. The molecular formula is C15H24N2O4. The molecule has 1 saturated heterocycles. The molecule has 1 aliphatic carbocycles. The van der Waals surface area contributed by atoms with Crippen molar-refractivity contribution in [2.75, 3.05) is 19.6 Å². The van der Waals surface area contributed by atoms with E-state index in [1.54, 1.807) is 11.8 Å². The normalized spacial score (nSPS) is 30.4. The molecule has 6 heteroatoms. The zero-order chi connectivity index (χ0) is 15.6. The van der Waals surface area contributed by atoms with Gasteiger partial charge in [0.05, 0.1) is 0 Å². The van der Waals surface area contributed by atoms with Gasteiger partial charge in [-0.25, -0.2) is 0 Å². The van der Waals surface area contributed by atoms with Crippen molar-refractivity contribution in [1.29, 1.82) is 0 Å². The Morgan fingerprint density at radius 3 is 2.33 bits per heavy atom. The van der Waals surface area contributed by atoms with Crippen LogP contribution < -0.4 is 0 Å². The Balaban J connectivity index is 1.97. The van der Waals surface area contributed by atoms with E-state index in [2.05, 4.69) is 6.92 Å². The van der Waals surface area contributed by atoms with Crippen molar-refractivity contribution in [2.24, 2.45) is 11.8 Å². The van der Waals surface area contributed by atoms with Gasteiger partial charge in [0.1, 0.15) is 12.6 Å². The monoisotopic (exact) mass is 296 g/mol. The second-order valence-corrected chi connectivity index (χ2v) is 6.32. The Hall–Kier alpha value is -1.59. The van der Waals surface area contributed by atoms with Gasteiger partial charge in [-0.1, -0.05) is 6.92 Å². The number of hydrogen-bond donors (Lipinski definition) is 1. The van der Waals surface area contributed by atoms with Crippen LogP contribution in [-0.4, -0.2) is 58.4 Å². The van der Waals surface area contributed by atoms with E-state index in [1.807, 2.05) is 0 Å². The van der Waals surface area contributed by atoms with Crippen molar-refractivity contribution in [3.63, 3.8) is 0 Å². The number of piperazine rings is 1. The van der Waals surface area contributed by atoms with Crippen LogP contribution in [0.3, 0.4) is 0 Å². The van der Waals surface area contributed by atoms with E-state index < -0.39 is 12.0 Å². The van der Waals surface area contributed by atoms with Crippen molar-refractivity contribution in [1.82, 2.24) is 9.80 Å². The van der Waals surface area contributed by atoms with Gasteiger partial charge in [-0.05, 0) is 38.5 Å². The molecule has 0 aromatic rings. The highest BCUT2D eigenvalue weighted by Crippen LogP contribution is 2.30. The molecule has 6 nitrogen and oxygen atoms in total. The fraction of sp³-hybridized carbons (Fsp3) is 0.800. The van der Waals surface area contributed by atoms with Crippen molar-refractivity contribution >= 4 is 17.8 Å². The summed E-state index contributed by atoms with van der Waals surface area (Å²) < 4.78 is 0. The van der Waals surface area contributed by atoms with Crippen LogP contribution in [0.4, 0.5) is 0 Å². The second-order valence-electron chi connectivity index (χ2n) is 6.32. The van der Waals surface area contributed by atoms with Crippen molar-refractivity contribution in [2.45, 2.75) is 45.6 Å². The third kappa shape index (κ3) is 3.54. The largest absolute Gasteiger partial charge is 0.480 e. The van der Waals surface area contributed by atoms with Crippen LogP contribution in [0.1, 0.15) is 39.5 Å². The molecule has 2 aliphatic rings. The van der Waals surface area contributed by atoms with Crippen LogP contribution in [0.5, 0.6) is 0 Å². The van der Waals surface area contributed by atoms with Gasteiger partial charge in [0.15, 0.2) is 0 Å². The minimum Gasteiger partial charge on any atom is -0.480 e. The minimum absolute atomic E-state index is 0.0301. The molecule has 0 aromatic heterocycles. The molecule has 1 aliphatic heterocycles. The Kier molecular flexibility index (Phi) is 4.85. The lowest BCUT2D eigenvalue weighted by Gasteiger charge is -2.40. The second kappa shape index (κ2) is 6.45. The molecule has 118 valence electrons. The van der Waals surface area contributed by atoms with Gasteiger partial charge in [0, 0.05) is 19.0 Å². The molecule has 2 rings (SSSR count). The van der Waals surface area contributed by atoms with Gasteiger partial charge < -0.3 is 14.9 Å². The Bertz CT molecular complexity index is 429. The Morgan fingerprint density at radius 2 is 1.76 bits per heavy atom.